The zero-order valence-electron chi connectivity index (χ0n) is 14.4. The lowest BCUT2D eigenvalue weighted by atomic mass is 10.3. The van der Waals surface area contributed by atoms with E-state index in [4.69, 9.17) is 20.6 Å². The molecule has 0 rings (SSSR count). The number of esters is 2. The smallest absolute Gasteiger partial charge is 0.413 e. The van der Waals surface area contributed by atoms with Crippen molar-refractivity contribution in [2.75, 3.05) is 34.4 Å². The number of alkyl carbamates (subject to hydrolysis) is 1. The molecule has 0 aromatic rings. The molecule has 0 aromatic carbocycles. The summed E-state index contributed by atoms with van der Waals surface area (Å²) in [6.07, 6.45) is 2.03. The minimum Gasteiger partial charge on any atom is -0.466 e. The summed E-state index contributed by atoms with van der Waals surface area (Å²) in [6, 6.07) is 0. The quantitative estimate of drug-likeness (QED) is 0.138. The Hall–Kier alpha value is -3.11. The molecule has 0 fully saturated rings. The number of guanidine groups is 2. The lowest BCUT2D eigenvalue weighted by molar-refractivity contribution is -0.139. The van der Waals surface area contributed by atoms with Crippen molar-refractivity contribution < 1.29 is 28.6 Å². The van der Waals surface area contributed by atoms with E-state index in [0.29, 0.717) is 12.8 Å². The van der Waals surface area contributed by atoms with E-state index in [1.165, 1.54) is 12.0 Å². The average Bonchev–Trinajstić information content (AvgIpc) is 2.55. The fraction of sp³-hybridized carbons (Fsp3) is 0.500. The van der Waals surface area contributed by atoms with Gasteiger partial charge in [-0.1, -0.05) is 0 Å². The van der Waals surface area contributed by atoms with Crippen molar-refractivity contribution in [3.8, 4) is 0 Å². The number of nitrogens with zero attached hydrogens (tertiary/aromatic N) is 2. The molecule has 0 atom stereocenters. The van der Waals surface area contributed by atoms with Gasteiger partial charge in [0.25, 0.3) is 0 Å². The third kappa shape index (κ3) is 12.0. The molecule has 0 radical (unpaired) electrons. The number of rotatable bonds is 7. The molecule has 0 unspecified atom stereocenters. The van der Waals surface area contributed by atoms with Gasteiger partial charge in [-0.15, -0.1) is 0 Å². The SMILES string of the molecule is COC(=O)/C=C/C(=O)OCCCCOC(=O)NC(N)=NC(=N)N(C)C. The van der Waals surface area contributed by atoms with Gasteiger partial charge in [-0.3, -0.25) is 10.7 Å². The fourth-order valence-electron chi connectivity index (χ4n) is 1.18. The highest BCUT2D eigenvalue weighted by molar-refractivity contribution is 5.99. The van der Waals surface area contributed by atoms with Crippen molar-refractivity contribution in [3.05, 3.63) is 12.2 Å². The van der Waals surface area contributed by atoms with E-state index in [2.05, 4.69) is 15.0 Å². The van der Waals surface area contributed by atoms with E-state index in [0.717, 1.165) is 12.2 Å². The predicted molar refractivity (Wildman–Crippen MR) is 88.9 cm³/mol. The summed E-state index contributed by atoms with van der Waals surface area (Å²) in [5.41, 5.74) is 5.43. The van der Waals surface area contributed by atoms with E-state index in [9.17, 15) is 14.4 Å². The van der Waals surface area contributed by atoms with Crippen molar-refractivity contribution in [1.29, 1.82) is 5.41 Å². The molecule has 0 aromatic heterocycles. The van der Waals surface area contributed by atoms with Crippen LogP contribution in [0.3, 0.4) is 0 Å². The Kier molecular flexibility index (Phi) is 10.8. The predicted octanol–water partition coefficient (Wildman–Crippen LogP) is -0.424. The largest absolute Gasteiger partial charge is 0.466 e. The lowest BCUT2D eigenvalue weighted by Crippen LogP contribution is -2.39. The number of nitrogens with one attached hydrogen (secondary N) is 2. The third-order valence-electron chi connectivity index (χ3n) is 2.45. The topological polar surface area (TPSA) is 156 Å². The summed E-state index contributed by atoms with van der Waals surface area (Å²) < 4.78 is 14.0. The summed E-state index contributed by atoms with van der Waals surface area (Å²) >= 11 is 0. The second-order valence-electron chi connectivity index (χ2n) is 4.71. The maximum Gasteiger partial charge on any atom is 0.413 e. The van der Waals surface area contributed by atoms with Crippen molar-refractivity contribution in [2.45, 2.75) is 12.8 Å². The number of carbonyl (C=O) groups excluding carboxylic acids is 3. The zero-order valence-corrected chi connectivity index (χ0v) is 14.4. The van der Waals surface area contributed by atoms with Crippen LogP contribution in [0.5, 0.6) is 0 Å². The van der Waals surface area contributed by atoms with Crippen LogP contribution >= 0.6 is 0 Å². The highest BCUT2D eigenvalue weighted by Gasteiger charge is 2.06. The van der Waals surface area contributed by atoms with Crippen LogP contribution in [-0.2, 0) is 23.8 Å². The Morgan fingerprint density at radius 2 is 1.68 bits per heavy atom. The van der Waals surface area contributed by atoms with E-state index in [1.807, 2.05) is 0 Å². The number of ether oxygens (including phenoxy) is 3. The molecular formula is C14H23N5O6. The first-order chi connectivity index (χ1) is 11.8. The van der Waals surface area contributed by atoms with E-state index in [1.54, 1.807) is 14.1 Å². The number of hydrogen-bond acceptors (Lipinski definition) is 7. The first-order valence-electron chi connectivity index (χ1n) is 7.22. The first kappa shape index (κ1) is 21.9. The molecular weight excluding hydrogens is 334 g/mol. The van der Waals surface area contributed by atoms with E-state index in [-0.39, 0.29) is 25.1 Å². The first-order valence-corrected chi connectivity index (χ1v) is 7.22. The number of unbranched alkanes of at least 4 members (excludes halogenated alkanes) is 1. The Balaban J connectivity index is 3.83. The van der Waals surface area contributed by atoms with Gasteiger partial charge in [0, 0.05) is 26.2 Å². The molecule has 0 bridgehead atoms. The molecule has 4 N–H and O–H groups in total. The van der Waals surface area contributed by atoms with E-state index < -0.39 is 18.0 Å². The average molecular weight is 357 g/mol. The molecule has 11 heteroatoms. The minimum atomic E-state index is -0.800. The number of hydrogen-bond donors (Lipinski definition) is 3. The summed E-state index contributed by atoms with van der Waals surface area (Å²) in [7, 11) is 4.41. The van der Waals surface area contributed by atoms with Crippen LogP contribution in [0.4, 0.5) is 4.79 Å². The Bertz CT molecular complexity index is 544. The number of amides is 1. The standard InChI is InChI=1S/C14H23N5O6/c1-19(2)13(16)17-12(15)18-14(22)25-9-5-4-8-24-11(21)7-6-10(20)23-3/h6-7H,4-5,8-9H2,1-3H3,(H4,15,16,17,18,22)/b7-6+. The van der Waals surface area contributed by atoms with Crippen LogP contribution in [0.25, 0.3) is 0 Å². The van der Waals surface area contributed by atoms with Crippen LogP contribution in [0.15, 0.2) is 17.1 Å². The second kappa shape index (κ2) is 12.3. The molecule has 0 heterocycles. The van der Waals surface area contributed by atoms with Crippen molar-refractivity contribution in [3.63, 3.8) is 0 Å². The Morgan fingerprint density at radius 3 is 2.24 bits per heavy atom. The number of nitrogens with two attached hydrogens (primary N) is 1. The highest BCUT2D eigenvalue weighted by atomic mass is 16.6. The monoisotopic (exact) mass is 357 g/mol. The summed E-state index contributed by atoms with van der Waals surface area (Å²) in [5.74, 6) is -1.70. The van der Waals surface area contributed by atoms with Crippen molar-refractivity contribution in [1.82, 2.24) is 10.2 Å². The molecule has 0 saturated heterocycles. The molecule has 0 spiro atoms. The Morgan fingerprint density at radius 1 is 1.12 bits per heavy atom. The number of methoxy groups -OCH3 is 1. The maximum atomic E-state index is 11.4. The third-order valence-corrected chi connectivity index (χ3v) is 2.45. The summed E-state index contributed by atoms with van der Waals surface area (Å²) in [6.45, 7) is 0.193. The number of carbonyl (C=O) groups is 3. The molecule has 140 valence electrons. The van der Waals surface area contributed by atoms with Crippen LogP contribution in [0.2, 0.25) is 0 Å². The van der Waals surface area contributed by atoms with Crippen LogP contribution in [-0.4, -0.2) is 69.3 Å². The molecule has 25 heavy (non-hydrogen) atoms. The van der Waals surface area contributed by atoms with Crippen molar-refractivity contribution >= 4 is 30.0 Å². The zero-order chi connectivity index (χ0) is 19.2. The highest BCUT2D eigenvalue weighted by Crippen LogP contribution is 1.94. The molecule has 11 nitrogen and oxygen atoms in total. The second-order valence-corrected chi connectivity index (χ2v) is 4.71. The molecule has 0 aliphatic rings. The Labute approximate surface area is 145 Å². The van der Waals surface area contributed by atoms with Crippen molar-refractivity contribution in [2.24, 2.45) is 10.7 Å². The van der Waals surface area contributed by atoms with Crippen LogP contribution in [0, 0.1) is 5.41 Å². The van der Waals surface area contributed by atoms with Gasteiger partial charge < -0.3 is 24.8 Å². The lowest BCUT2D eigenvalue weighted by Gasteiger charge is -2.10. The summed E-state index contributed by atoms with van der Waals surface area (Å²) in [4.78, 5) is 38.4. The van der Waals surface area contributed by atoms with E-state index >= 15 is 0 Å². The van der Waals surface area contributed by atoms with Gasteiger partial charge in [0.05, 0.1) is 20.3 Å². The fourth-order valence-corrected chi connectivity index (χ4v) is 1.18. The van der Waals surface area contributed by atoms with Gasteiger partial charge in [-0.25, -0.2) is 14.4 Å². The maximum absolute atomic E-state index is 11.4. The van der Waals surface area contributed by atoms with Gasteiger partial charge in [-0.2, -0.15) is 4.99 Å². The van der Waals surface area contributed by atoms with Gasteiger partial charge in [0.15, 0.2) is 0 Å². The van der Waals surface area contributed by atoms with Gasteiger partial charge >= 0.3 is 18.0 Å². The molecule has 1 amide bonds. The van der Waals surface area contributed by atoms with Crippen LogP contribution < -0.4 is 11.1 Å². The molecule has 0 aliphatic carbocycles. The summed E-state index contributed by atoms with van der Waals surface area (Å²) in [5, 5.41) is 9.59. The molecule has 0 aliphatic heterocycles. The minimum absolute atomic E-state index is 0.0831. The van der Waals surface area contributed by atoms with Gasteiger partial charge in [0.1, 0.15) is 0 Å². The number of aliphatic imine (C=N–C) groups is 1. The molecule has 0 saturated carbocycles. The van der Waals surface area contributed by atoms with Crippen LogP contribution in [0.1, 0.15) is 12.8 Å². The van der Waals surface area contributed by atoms with Gasteiger partial charge in [-0.05, 0) is 12.8 Å². The normalized spacial score (nSPS) is 10.9. The van der Waals surface area contributed by atoms with Gasteiger partial charge in [0.2, 0.25) is 11.9 Å².